The minimum Gasteiger partial charge on any atom is -0.444 e. The van der Waals surface area contributed by atoms with E-state index in [4.69, 9.17) is 14.0 Å². The van der Waals surface area contributed by atoms with Gasteiger partial charge in [0.25, 0.3) is 0 Å². The van der Waals surface area contributed by atoms with E-state index in [1.807, 2.05) is 20.8 Å². The summed E-state index contributed by atoms with van der Waals surface area (Å²) in [5.41, 5.74) is -1.31. The molecule has 22 heavy (non-hydrogen) atoms. The largest absolute Gasteiger partial charge is 0.444 e. The number of rotatable bonds is 3. The van der Waals surface area contributed by atoms with Crippen LogP contribution in [-0.4, -0.2) is 35.0 Å². The van der Waals surface area contributed by atoms with Crippen LogP contribution in [0.1, 0.15) is 64.1 Å². The van der Waals surface area contributed by atoms with Crippen molar-refractivity contribution in [2.24, 2.45) is 0 Å². The summed E-state index contributed by atoms with van der Waals surface area (Å²) in [6, 6.07) is 0. The van der Waals surface area contributed by atoms with Gasteiger partial charge < -0.3 is 19.3 Å². The molecular weight excluding hydrogens is 286 g/mol. The number of ether oxygens (including phenoxy) is 2. The van der Waals surface area contributed by atoms with Crippen LogP contribution in [0.2, 0.25) is 0 Å². The van der Waals surface area contributed by atoms with E-state index in [1.165, 1.54) is 6.42 Å². The first-order chi connectivity index (χ1) is 10.4. The maximum Gasteiger partial charge on any atom is 0.408 e. The number of aromatic nitrogens is 2. The molecule has 0 bridgehead atoms. The van der Waals surface area contributed by atoms with Crippen LogP contribution in [0.5, 0.6) is 0 Å². The fraction of sp³-hybridized carbons (Fsp3) is 0.800. The lowest BCUT2D eigenvalue weighted by Gasteiger charge is -2.27. The summed E-state index contributed by atoms with van der Waals surface area (Å²) >= 11 is 0. The van der Waals surface area contributed by atoms with E-state index in [1.54, 1.807) is 0 Å². The molecule has 0 spiro atoms. The fourth-order valence-electron chi connectivity index (χ4n) is 2.65. The van der Waals surface area contributed by atoms with Gasteiger partial charge in [-0.3, -0.25) is 0 Å². The number of carbonyl (C=O) groups is 1. The van der Waals surface area contributed by atoms with Crippen molar-refractivity contribution < 1.29 is 18.8 Å². The summed E-state index contributed by atoms with van der Waals surface area (Å²) in [5, 5.41) is 6.97. The first-order valence-electron chi connectivity index (χ1n) is 7.81. The summed E-state index contributed by atoms with van der Waals surface area (Å²) in [5.74, 6) is 1.51. The molecular formula is C15H23N3O4. The highest BCUT2D eigenvalue weighted by Gasteiger charge is 2.44. The highest BCUT2D eigenvalue weighted by molar-refractivity contribution is 5.69. The second kappa shape index (κ2) is 5.53. The van der Waals surface area contributed by atoms with E-state index in [-0.39, 0.29) is 0 Å². The Morgan fingerprint density at radius 2 is 2.18 bits per heavy atom. The van der Waals surface area contributed by atoms with Crippen molar-refractivity contribution in [3.8, 4) is 0 Å². The molecule has 0 unspecified atom stereocenters. The van der Waals surface area contributed by atoms with Crippen LogP contribution in [-0.2, 0) is 15.0 Å². The number of carbonyl (C=O) groups excluding carboxylic acids is 1. The second-order valence-corrected chi connectivity index (χ2v) is 7.10. The molecule has 1 aliphatic carbocycles. The predicted molar refractivity (Wildman–Crippen MR) is 77.4 cm³/mol. The molecule has 0 aromatic carbocycles. The van der Waals surface area contributed by atoms with E-state index < -0.39 is 17.2 Å². The number of hydrogen-bond acceptors (Lipinski definition) is 6. The highest BCUT2D eigenvalue weighted by atomic mass is 16.6. The summed E-state index contributed by atoms with van der Waals surface area (Å²) in [6.07, 6.45) is 3.49. The van der Waals surface area contributed by atoms with Crippen molar-refractivity contribution >= 4 is 6.09 Å². The number of nitrogens with one attached hydrogen (secondary N) is 1. The maximum atomic E-state index is 12.1. The summed E-state index contributed by atoms with van der Waals surface area (Å²) in [7, 11) is 0. The molecule has 1 saturated heterocycles. The molecule has 1 aromatic heterocycles. The Kier molecular flexibility index (Phi) is 3.84. The van der Waals surface area contributed by atoms with Crippen LogP contribution in [0.3, 0.4) is 0 Å². The molecule has 0 radical (unpaired) electrons. The quantitative estimate of drug-likeness (QED) is 0.923. The Balaban J connectivity index is 1.76. The Bertz CT molecular complexity index is 539. The summed E-state index contributed by atoms with van der Waals surface area (Å²) < 4.78 is 16.2. The van der Waals surface area contributed by atoms with E-state index >= 15 is 0 Å². The normalized spacial score (nSPS) is 25.8. The number of hydrogen-bond donors (Lipinski definition) is 1. The van der Waals surface area contributed by atoms with Gasteiger partial charge in [-0.1, -0.05) is 11.6 Å². The van der Waals surface area contributed by atoms with Gasteiger partial charge in [0.2, 0.25) is 5.89 Å². The summed E-state index contributed by atoms with van der Waals surface area (Å²) in [6.45, 7) is 6.35. The lowest BCUT2D eigenvalue weighted by Crippen LogP contribution is -2.49. The van der Waals surface area contributed by atoms with Crippen molar-refractivity contribution in [3.63, 3.8) is 0 Å². The predicted octanol–water partition coefficient (Wildman–Crippen LogP) is 2.48. The average molecular weight is 309 g/mol. The van der Waals surface area contributed by atoms with E-state index in [2.05, 4.69) is 15.5 Å². The Morgan fingerprint density at radius 1 is 1.41 bits per heavy atom. The monoisotopic (exact) mass is 309 g/mol. The molecule has 1 aliphatic heterocycles. The van der Waals surface area contributed by atoms with Gasteiger partial charge in [0.05, 0.1) is 6.61 Å². The summed E-state index contributed by atoms with van der Waals surface area (Å²) in [4.78, 5) is 16.6. The SMILES string of the molecule is CC(C)(C)OC(=O)N[C@@]1(c2noc(C3CCC3)n2)CCOC1. The average Bonchev–Trinajstić information content (AvgIpc) is 2.93. The van der Waals surface area contributed by atoms with Gasteiger partial charge in [0, 0.05) is 18.9 Å². The van der Waals surface area contributed by atoms with Gasteiger partial charge in [-0.05, 0) is 33.6 Å². The lowest BCUT2D eigenvalue weighted by molar-refractivity contribution is 0.0428. The zero-order valence-electron chi connectivity index (χ0n) is 13.3. The molecule has 2 heterocycles. The van der Waals surface area contributed by atoms with Crippen LogP contribution in [0.4, 0.5) is 4.79 Å². The molecule has 122 valence electrons. The molecule has 1 N–H and O–H groups in total. The third kappa shape index (κ3) is 3.09. The van der Waals surface area contributed by atoms with Crippen molar-refractivity contribution in [1.29, 1.82) is 0 Å². The topological polar surface area (TPSA) is 86.5 Å². The van der Waals surface area contributed by atoms with Gasteiger partial charge in [-0.25, -0.2) is 4.79 Å². The number of alkyl carbamates (subject to hydrolysis) is 1. The molecule has 1 amide bonds. The molecule has 3 rings (SSSR count). The van der Waals surface area contributed by atoms with Gasteiger partial charge in [0.1, 0.15) is 11.1 Å². The molecule has 2 fully saturated rings. The van der Waals surface area contributed by atoms with Crippen LogP contribution in [0, 0.1) is 0 Å². The van der Waals surface area contributed by atoms with Crippen molar-refractivity contribution in [3.05, 3.63) is 11.7 Å². The molecule has 7 heteroatoms. The van der Waals surface area contributed by atoms with Crippen molar-refractivity contribution in [1.82, 2.24) is 15.5 Å². The van der Waals surface area contributed by atoms with Gasteiger partial charge in [0.15, 0.2) is 5.82 Å². The van der Waals surface area contributed by atoms with Gasteiger partial charge in [-0.15, -0.1) is 0 Å². The molecule has 1 aromatic rings. The van der Waals surface area contributed by atoms with E-state index in [9.17, 15) is 4.79 Å². The molecule has 7 nitrogen and oxygen atoms in total. The standard InChI is InChI=1S/C15H23N3O4/c1-14(2,3)21-13(19)17-15(7-8-20-9-15)12-16-11(22-18-12)10-5-4-6-10/h10H,4-9H2,1-3H3,(H,17,19)/t15-/m0/s1. The molecule has 1 atom stereocenters. The smallest absolute Gasteiger partial charge is 0.408 e. The van der Waals surface area contributed by atoms with Crippen LogP contribution in [0.25, 0.3) is 0 Å². The highest BCUT2D eigenvalue weighted by Crippen LogP contribution is 2.37. The Morgan fingerprint density at radius 3 is 2.73 bits per heavy atom. The Hall–Kier alpha value is -1.63. The Labute approximate surface area is 129 Å². The minimum atomic E-state index is -0.756. The number of nitrogens with zero attached hydrogens (tertiary/aromatic N) is 2. The van der Waals surface area contributed by atoms with Crippen LogP contribution in [0.15, 0.2) is 4.52 Å². The van der Waals surface area contributed by atoms with E-state index in [0.29, 0.717) is 37.3 Å². The fourth-order valence-corrected chi connectivity index (χ4v) is 2.65. The third-order valence-electron chi connectivity index (χ3n) is 4.09. The lowest BCUT2D eigenvalue weighted by atomic mass is 9.85. The van der Waals surface area contributed by atoms with Gasteiger partial charge in [-0.2, -0.15) is 4.98 Å². The second-order valence-electron chi connectivity index (χ2n) is 7.10. The first kappa shape index (κ1) is 15.3. The van der Waals surface area contributed by atoms with Crippen molar-refractivity contribution in [2.45, 2.75) is 63.5 Å². The maximum absolute atomic E-state index is 12.1. The van der Waals surface area contributed by atoms with Crippen LogP contribution < -0.4 is 5.32 Å². The molecule has 1 saturated carbocycles. The zero-order chi connectivity index (χ0) is 15.8. The third-order valence-corrected chi connectivity index (χ3v) is 4.09. The minimum absolute atomic E-state index is 0.329. The first-order valence-corrected chi connectivity index (χ1v) is 7.81. The van der Waals surface area contributed by atoms with Gasteiger partial charge >= 0.3 is 6.09 Å². The van der Waals surface area contributed by atoms with Crippen molar-refractivity contribution in [2.75, 3.05) is 13.2 Å². The zero-order valence-corrected chi connectivity index (χ0v) is 13.3. The number of amides is 1. The molecule has 2 aliphatic rings. The van der Waals surface area contributed by atoms with Crippen LogP contribution >= 0.6 is 0 Å². The van der Waals surface area contributed by atoms with E-state index in [0.717, 1.165) is 12.8 Å².